The lowest BCUT2D eigenvalue weighted by Crippen LogP contribution is -2.61. The number of ether oxygens (including phenoxy) is 8. The first-order chi connectivity index (χ1) is 32.1. The zero-order chi connectivity index (χ0) is 50.6. The summed E-state index contributed by atoms with van der Waals surface area (Å²) in [5.41, 5.74) is 1.68. The second-order valence-corrected chi connectivity index (χ2v) is 16.5. The van der Waals surface area contributed by atoms with Gasteiger partial charge in [0.15, 0.2) is 12.6 Å². The highest BCUT2D eigenvalue weighted by atomic mass is 16.8. The predicted molar refractivity (Wildman–Crippen MR) is 227 cm³/mol. The molecule has 24 heteroatoms. The molecule has 0 bridgehead atoms. The molecule has 14 N–H and O–H groups in total. The Hall–Kier alpha value is -3.68. The number of carbonyl (C=O) groups excluding carboxylic acids is 2. The molecule has 0 aromatic rings. The summed E-state index contributed by atoms with van der Waals surface area (Å²) in [4.78, 5) is 25.6. The van der Waals surface area contributed by atoms with Crippen molar-refractivity contribution in [3.63, 3.8) is 0 Å². The quantitative estimate of drug-likeness (QED) is 0.0347. The third kappa shape index (κ3) is 14.9. The molecule has 4 aliphatic rings. The van der Waals surface area contributed by atoms with Crippen LogP contribution >= 0.6 is 0 Å². The van der Waals surface area contributed by atoms with Crippen LogP contribution in [0, 0.1) is 0 Å². The Morgan fingerprint density at radius 3 is 1.01 bits per heavy atom. The van der Waals surface area contributed by atoms with Crippen LogP contribution in [0.5, 0.6) is 0 Å². The normalized spacial score (nSPS) is 40.3. The molecule has 4 saturated heterocycles. The van der Waals surface area contributed by atoms with Gasteiger partial charge in [-0.25, -0.2) is 9.59 Å². The SMILES string of the molecule is CC(=C/C=C/C=C(C)/C=C/C=C(\C)C(=O)O[C@H]1O[C@@H](CO[C@@H]2O[C@H](CO)[C@H](O)[C@@H](O)[C@@H]2O)[C@H](O)[C@@H](O)[C@@H]1O)/C=C/C=C(\C)C(=O)O[C@@H]1O[C@H](CO[C@@H]2O[C@H](CO)[C@@H](O)[C@H](O)[C@@H]2O)[C@@H](O)[C@H](O)[C@@H]1O. The third-order valence-corrected chi connectivity index (χ3v) is 11.2. The average molecular weight is 977 g/mol. The fourth-order valence-corrected chi connectivity index (χ4v) is 6.84. The molecule has 4 fully saturated rings. The zero-order valence-electron chi connectivity index (χ0n) is 37.5. The van der Waals surface area contributed by atoms with Gasteiger partial charge in [0.1, 0.15) is 97.7 Å². The Balaban J connectivity index is 1.23. The minimum absolute atomic E-state index is 0.0726. The molecule has 0 aromatic heterocycles. The molecular formula is C44H64O24. The lowest BCUT2D eigenvalue weighted by atomic mass is 9.98. The highest BCUT2D eigenvalue weighted by Crippen LogP contribution is 2.28. The van der Waals surface area contributed by atoms with Crippen LogP contribution in [0.25, 0.3) is 0 Å². The maximum absolute atomic E-state index is 12.8. The van der Waals surface area contributed by atoms with Gasteiger partial charge >= 0.3 is 11.9 Å². The molecule has 20 atom stereocenters. The molecule has 0 unspecified atom stereocenters. The number of esters is 2. The minimum atomic E-state index is -1.86. The Labute approximate surface area is 390 Å². The van der Waals surface area contributed by atoms with Gasteiger partial charge in [-0.3, -0.25) is 0 Å². The van der Waals surface area contributed by atoms with Gasteiger partial charge in [-0.05, 0) is 27.7 Å². The number of rotatable bonds is 18. The molecule has 4 heterocycles. The van der Waals surface area contributed by atoms with Gasteiger partial charge in [0, 0.05) is 11.1 Å². The second kappa shape index (κ2) is 26.5. The summed E-state index contributed by atoms with van der Waals surface area (Å²) in [6.45, 7) is 3.80. The predicted octanol–water partition coefficient (Wildman–Crippen LogP) is -5.23. The Bertz CT molecular complexity index is 1730. The van der Waals surface area contributed by atoms with Crippen LogP contribution < -0.4 is 0 Å². The number of aliphatic hydroxyl groups is 14. The van der Waals surface area contributed by atoms with E-state index in [0.29, 0.717) is 0 Å². The first kappa shape index (κ1) is 56.9. The average Bonchev–Trinajstić information content (AvgIpc) is 3.31. The van der Waals surface area contributed by atoms with Crippen LogP contribution in [0.2, 0.25) is 0 Å². The van der Waals surface area contributed by atoms with Crippen LogP contribution in [0.3, 0.4) is 0 Å². The maximum Gasteiger partial charge on any atom is 0.336 e. The van der Waals surface area contributed by atoms with Crippen molar-refractivity contribution >= 4 is 11.9 Å². The van der Waals surface area contributed by atoms with Gasteiger partial charge in [0.2, 0.25) is 12.6 Å². The Kier molecular flexibility index (Phi) is 22.2. The smallest absolute Gasteiger partial charge is 0.336 e. The molecule has 24 nitrogen and oxygen atoms in total. The third-order valence-electron chi connectivity index (χ3n) is 11.2. The van der Waals surface area contributed by atoms with Gasteiger partial charge in [0.25, 0.3) is 0 Å². The fraction of sp³-hybridized carbons (Fsp3) is 0.636. The standard InChI is InChI=1S/C44H64O24/c1-19(11-7-13-21(3)39(59)67-43-37(57)33(53)29(49)25(65-43)17-61-41-35(55)31(51)27(47)23(15-45)63-41)9-5-6-10-20(2)12-8-14-22(4)40(60)68-44-38(58)34(54)30(50)26(66-44)18-62-42-36(56)32(52)28(48)24(16-46)64-42/h5-14,23-38,41-58H,15-18H2,1-4H3/b6-5+,11-7+,12-8+,19-9-,20-10+,21-13+,22-14+/t23-,24-,25-,26+,27-,28+,29-,30+,31+,32-,33+,34-,35+,36+,37+,38+,41-,42-,43+,44-/m1/s1. The van der Waals surface area contributed by atoms with Crippen molar-refractivity contribution < 1.29 is 119 Å². The summed E-state index contributed by atoms with van der Waals surface area (Å²) >= 11 is 0. The van der Waals surface area contributed by atoms with E-state index >= 15 is 0 Å². The summed E-state index contributed by atoms with van der Waals surface area (Å²) in [7, 11) is 0. The number of allylic oxidation sites excluding steroid dienone is 12. The van der Waals surface area contributed by atoms with Crippen LogP contribution in [0.15, 0.2) is 83.1 Å². The van der Waals surface area contributed by atoms with Crippen LogP contribution in [0.4, 0.5) is 0 Å². The summed E-state index contributed by atoms with van der Waals surface area (Å²) in [5.74, 6) is -1.86. The monoisotopic (exact) mass is 976 g/mol. The summed E-state index contributed by atoms with van der Waals surface area (Å²) in [6, 6.07) is 0. The van der Waals surface area contributed by atoms with Crippen molar-refractivity contribution in [1.29, 1.82) is 0 Å². The highest BCUT2D eigenvalue weighted by molar-refractivity contribution is 5.88. The van der Waals surface area contributed by atoms with E-state index in [1.165, 1.54) is 26.0 Å². The van der Waals surface area contributed by atoms with E-state index in [-0.39, 0.29) is 11.1 Å². The van der Waals surface area contributed by atoms with Crippen LogP contribution in [-0.4, -0.2) is 233 Å². The lowest BCUT2D eigenvalue weighted by Gasteiger charge is -2.42. The van der Waals surface area contributed by atoms with Crippen molar-refractivity contribution in [2.45, 2.75) is 151 Å². The first-order valence-corrected chi connectivity index (χ1v) is 21.5. The van der Waals surface area contributed by atoms with Crippen molar-refractivity contribution in [2.75, 3.05) is 26.4 Å². The van der Waals surface area contributed by atoms with E-state index < -0.39 is 161 Å². The molecule has 4 rings (SSSR count). The number of aliphatic hydroxyl groups excluding tert-OH is 14. The molecule has 0 saturated carbocycles. The first-order valence-electron chi connectivity index (χ1n) is 21.5. The number of hydrogen-bond acceptors (Lipinski definition) is 24. The number of hydrogen-bond donors (Lipinski definition) is 14. The second-order valence-electron chi connectivity index (χ2n) is 16.5. The van der Waals surface area contributed by atoms with E-state index in [2.05, 4.69) is 0 Å². The van der Waals surface area contributed by atoms with Crippen molar-refractivity contribution in [1.82, 2.24) is 0 Å². The van der Waals surface area contributed by atoms with Gasteiger partial charge in [-0.15, -0.1) is 0 Å². The molecule has 0 radical (unpaired) electrons. The van der Waals surface area contributed by atoms with Gasteiger partial charge in [-0.2, -0.15) is 0 Å². The molecule has 0 spiro atoms. The summed E-state index contributed by atoms with van der Waals surface area (Å²) in [6.07, 6.45) is -16.8. The number of carbonyl (C=O) groups is 2. The molecule has 68 heavy (non-hydrogen) atoms. The molecule has 0 aromatic carbocycles. The van der Waals surface area contributed by atoms with E-state index in [1.807, 2.05) is 0 Å². The lowest BCUT2D eigenvalue weighted by molar-refractivity contribution is -0.326. The summed E-state index contributed by atoms with van der Waals surface area (Å²) < 4.78 is 42.7. The molecule has 0 aliphatic carbocycles. The van der Waals surface area contributed by atoms with Crippen LogP contribution in [-0.2, 0) is 47.5 Å². The Morgan fingerprint density at radius 2 is 0.691 bits per heavy atom. The molecule has 0 amide bonds. The van der Waals surface area contributed by atoms with Gasteiger partial charge in [0.05, 0.1) is 26.4 Å². The largest absolute Gasteiger partial charge is 0.429 e. The highest BCUT2D eigenvalue weighted by Gasteiger charge is 2.50. The van der Waals surface area contributed by atoms with Gasteiger partial charge in [-0.1, -0.05) is 71.9 Å². The summed E-state index contributed by atoms with van der Waals surface area (Å²) in [5, 5.41) is 142. The van der Waals surface area contributed by atoms with E-state index in [4.69, 9.17) is 37.9 Å². The van der Waals surface area contributed by atoms with Gasteiger partial charge < -0.3 is 109 Å². The maximum atomic E-state index is 12.8. The molecular weight excluding hydrogens is 912 g/mol. The van der Waals surface area contributed by atoms with E-state index in [9.17, 15) is 81.1 Å². The van der Waals surface area contributed by atoms with E-state index in [1.54, 1.807) is 62.5 Å². The van der Waals surface area contributed by atoms with Crippen LogP contribution in [0.1, 0.15) is 27.7 Å². The fourth-order valence-electron chi connectivity index (χ4n) is 6.84. The molecule has 4 aliphatic heterocycles. The zero-order valence-corrected chi connectivity index (χ0v) is 37.5. The van der Waals surface area contributed by atoms with E-state index in [0.717, 1.165) is 11.1 Å². The topological polar surface area (TPSA) is 391 Å². The Morgan fingerprint density at radius 1 is 0.397 bits per heavy atom. The van der Waals surface area contributed by atoms with Crippen molar-refractivity contribution in [3.8, 4) is 0 Å². The molecule has 384 valence electrons. The minimum Gasteiger partial charge on any atom is -0.429 e. The van der Waals surface area contributed by atoms with Crippen molar-refractivity contribution in [3.05, 3.63) is 83.1 Å². The van der Waals surface area contributed by atoms with Crippen molar-refractivity contribution in [2.24, 2.45) is 0 Å².